The fourth-order valence-corrected chi connectivity index (χ4v) is 3.77. The lowest BCUT2D eigenvalue weighted by atomic mass is 9.82. The number of carboxylic acid groups (broad SMARTS) is 1. The number of hydrogen-bond donors (Lipinski definition) is 1. The largest absolute Gasteiger partial charge is 0.481 e. The average molecular weight is 268 g/mol. The molecule has 0 amide bonds. The number of rotatable bonds is 4. The molecule has 0 radical (unpaired) electrons. The van der Waals surface area contributed by atoms with E-state index in [1.807, 2.05) is 0 Å². The van der Waals surface area contributed by atoms with Gasteiger partial charge >= 0.3 is 5.97 Å². The van der Waals surface area contributed by atoms with Gasteiger partial charge in [0, 0.05) is 12.6 Å². The minimum atomic E-state index is -0.581. The number of hydrogen-bond acceptors (Lipinski definition) is 3. The van der Waals surface area contributed by atoms with Crippen LogP contribution in [0, 0.1) is 5.41 Å². The van der Waals surface area contributed by atoms with Crippen LogP contribution in [-0.2, 0) is 4.79 Å². The summed E-state index contributed by atoms with van der Waals surface area (Å²) in [5.41, 5.74) is -0.465. The highest BCUT2D eigenvalue weighted by molar-refractivity contribution is 5.75. The van der Waals surface area contributed by atoms with Crippen LogP contribution >= 0.6 is 0 Å². The molecule has 2 unspecified atom stereocenters. The molecule has 2 aliphatic heterocycles. The van der Waals surface area contributed by atoms with Gasteiger partial charge in [0.05, 0.1) is 5.41 Å². The summed E-state index contributed by atoms with van der Waals surface area (Å²) >= 11 is 0. The fourth-order valence-electron chi connectivity index (χ4n) is 3.77. The number of aliphatic carboxylic acids is 1. The molecule has 0 aromatic heterocycles. The van der Waals surface area contributed by atoms with Crippen molar-refractivity contribution in [2.75, 3.05) is 33.2 Å². The Morgan fingerprint density at radius 2 is 2.11 bits per heavy atom. The van der Waals surface area contributed by atoms with E-state index in [0.717, 1.165) is 38.9 Å². The lowest BCUT2D eigenvalue weighted by Crippen LogP contribution is -2.39. The maximum absolute atomic E-state index is 11.6. The molecule has 110 valence electrons. The fraction of sp³-hybridized carbons (Fsp3) is 0.933. The number of likely N-dealkylation sites (tertiary alicyclic amines) is 2. The maximum atomic E-state index is 11.6. The summed E-state index contributed by atoms with van der Waals surface area (Å²) < 4.78 is 0. The lowest BCUT2D eigenvalue weighted by molar-refractivity contribution is -0.148. The molecule has 0 aromatic rings. The monoisotopic (exact) mass is 268 g/mol. The summed E-state index contributed by atoms with van der Waals surface area (Å²) in [5, 5.41) is 9.57. The molecule has 4 heteroatoms. The Labute approximate surface area is 116 Å². The second kappa shape index (κ2) is 6.23. The third kappa shape index (κ3) is 3.29. The third-order valence-corrected chi connectivity index (χ3v) is 5.00. The highest BCUT2D eigenvalue weighted by Gasteiger charge is 2.45. The van der Waals surface area contributed by atoms with Crippen LogP contribution in [0.25, 0.3) is 0 Å². The molecule has 1 N–H and O–H groups in total. The van der Waals surface area contributed by atoms with Crippen LogP contribution in [0.2, 0.25) is 0 Å². The molecular formula is C15H28N2O2. The van der Waals surface area contributed by atoms with Gasteiger partial charge in [0.1, 0.15) is 0 Å². The molecule has 2 fully saturated rings. The summed E-state index contributed by atoms with van der Waals surface area (Å²) in [5.74, 6) is -0.581. The first-order valence-corrected chi connectivity index (χ1v) is 7.73. The third-order valence-electron chi connectivity index (χ3n) is 5.00. The van der Waals surface area contributed by atoms with E-state index in [1.165, 1.54) is 25.8 Å². The zero-order valence-electron chi connectivity index (χ0n) is 12.4. The van der Waals surface area contributed by atoms with E-state index in [1.54, 1.807) is 0 Å². The van der Waals surface area contributed by atoms with Crippen LogP contribution in [0.15, 0.2) is 0 Å². The zero-order chi connectivity index (χ0) is 13.9. The Morgan fingerprint density at radius 1 is 1.32 bits per heavy atom. The van der Waals surface area contributed by atoms with Gasteiger partial charge in [-0.1, -0.05) is 13.3 Å². The van der Waals surface area contributed by atoms with Crippen molar-refractivity contribution in [3.05, 3.63) is 0 Å². The Morgan fingerprint density at radius 3 is 2.79 bits per heavy atom. The molecule has 2 heterocycles. The van der Waals surface area contributed by atoms with Gasteiger partial charge < -0.3 is 10.0 Å². The van der Waals surface area contributed by atoms with Crippen molar-refractivity contribution in [3.63, 3.8) is 0 Å². The Balaban J connectivity index is 1.98. The first kappa shape index (κ1) is 14.8. The summed E-state index contributed by atoms with van der Waals surface area (Å²) in [4.78, 5) is 16.5. The molecule has 2 saturated heterocycles. The van der Waals surface area contributed by atoms with Gasteiger partial charge in [-0.3, -0.25) is 9.69 Å². The first-order valence-electron chi connectivity index (χ1n) is 7.73. The van der Waals surface area contributed by atoms with E-state index < -0.39 is 11.4 Å². The smallest absolute Gasteiger partial charge is 0.310 e. The van der Waals surface area contributed by atoms with Crippen LogP contribution in [0.3, 0.4) is 0 Å². The molecule has 19 heavy (non-hydrogen) atoms. The van der Waals surface area contributed by atoms with Gasteiger partial charge in [-0.15, -0.1) is 0 Å². The van der Waals surface area contributed by atoms with Crippen LogP contribution in [0.5, 0.6) is 0 Å². The van der Waals surface area contributed by atoms with Gasteiger partial charge in [0.25, 0.3) is 0 Å². The van der Waals surface area contributed by atoms with Crippen molar-refractivity contribution >= 4 is 5.97 Å². The molecule has 0 aromatic carbocycles. The molecule has 2 aliphatic rings. The van der Waals surface area contributed by atoms with E-state index in [9.17, 15) is 9.90 Å². The Kier molecular flexibility index (Phi) is 4.85. The molecule has 4 nitrogen and oxygen atoms in total. The Hall–Kier alpha value is -0.610. The minimum absolute atomic E-state index is 0.465. The number of carboxylic acids is 1. The van der Waals surface area contributed by atoms with Gasteiger partial charge in [0.15, 0.2) is 0 Å². The van der Waals surface area contributed by atoms with E-state index in [4.69, 9.17) is 0 Å². The predicted octanol–water partition coefficient (Wildman–Crippen LogP) is 2.05. The minimum Gasteiger partial charge on any atom is -0.481 e. The van der Waals surface area contributed by atoms with Crippen LogP contribution in [0.4, 0.5) is 0 Å². The standard InChI is InChI=1S/C15H28N2O2/c1-3-7-15(14(18)19)8-11-17(12-15)13-5-4-9-16(2)10-6-13/h13H,3-12H2,1-2H3,(H,18,19). The number of nitrogens with zero attached hydrogens (tertiary/aromatic N) is 2. The lowest BCUT2D eigenvalue weighted by Gasteiger charge is -2.29. The zero-order valence-corrected chi connectivity index (χ0v) is 12.4. The number of carbonyl (C=O) groups is 1. The Bertz CT molecular complexity index is 321. The summed E-state index contributed by atoms with van der Waals surface area (Å²) in [6, 6.07) is 0.600. The topological polar surface area (TPSA) is 43.8 Å². The second-order valence-electron chi connectivity index (χ2n) is 6.44. The van der Waals surface area contributed by atoms with Crippen molar-refractivity contribution in [1.29, 1.82) is 0 Å². The van der Waals surface area contributed by atoms with Gasteiger partial charge in [-0.25, -0.2) is 0 Å². The first-order chi connectivity index (χ1) is 9.07. The summed E-state index contributed by atoms with van der Waals surface area (Å²) in [6.45, 7) is 6.16. The molecule has 0 bridgehead atoms. The van der Waals surface area contributed by atoms with Gasteiger partial charge in [-0.2, -0.15) is 0 Å². The maximum Gasteiger partial charge on any atom is 0.310 e. The van der Waals surface area contributed by atoms with Crippen molar-refractivity contribution in [2.24, 2.45) is 5.41 Å². The van der Waals surface area contributed by atoms with E-state index in [-0.39, 0.29) is 0 Å². The summed E-state index contributed by atoms with van der Waals surface area (Å²) in [6.07, 6.45) is 6.29. The molecule has 2 rings (SSSR count). The highest BCUT2D eigenvalue weighted by atomic mass is 16.4. The van der Waals surface area contributed by atoms with Crippen LogP contribution < -0.4 is 0 Å². The second-order valence-corrected chi connectivity index (χ2v) is 6.44. The SMILES string of the molecule is CCCC1(C(=O)O)CCN(C2CCCN(C)CC2)C1. The van der Waals surface area contributed by atoms with Gasteiger partial charge in [-0.05, 0) is 58.8 Å². The van der Waals surface area contributed by atoms with E-state index in [2.05, 4.69) is 23.8 Å². The molecule has 0 aliphatic carbocycles. The van der Waals surface area contributed by atoms with Crippen molar-refractivity contribution < 1.29 is 9.90 Å². The summed E-state index contributed by atoms with van der Waals surface area (Å²) in [7, 11) is 2.19. The van der Waals surface area contributed by atoms with Crippen molar-refractivity contribution in [1.82, 2.24) is 9.80 Å². The molecule has 2 atom stereocenters. The predicted molar refractivity (Wildman–Crippen MR) is 76.3 cm³/mol. The van der Waals surface area contributed by atoms with Gasteiger partial charge in [0.2, 0.25) is 0 Å². The van der Waals surface area contributed by atoms with Crippen LogP contribution in [-0.4, -0.2) is 60.1 Å². The average Bonchev–Trinajstić information content (AvgIpc) is 2.68. The van der Waals surface area contributed by atoms with E-state index >= 15 is 0 Å². The van der Waals surface area contributed by atoms with Crippen LogP contribution in [0.1, 0.15) is 45.4 Å². The molecule has 0 spiro atoms. The highest BCUT2D eigenvalue weighted by Crippen LogP contribution is 2.37. The normalized spacial score (nSPS) is 34.3. The quantitative estimate of drug-likeness (QED) is 0.847. The van der Waals surface area contributed by atoms with E-state index in [0.29, 0.717) is 6.04 Å². The van der Waals surface area contributed by atoms with Crippen molar-refractivity contribution in [2.45, 2.75) is 51.5 Å². The molecule has 0 saturated carbocycles. The molecular weight excluding hydrogens is 240 g/mol. The van der Waals surface area contributed by atoms with Crippen molar-refractivity contribution in [3.8, 4) is 0 Å².